The third-order valence-electron chi connectivity index (χ3n) is 2.75. The molecule has 0 saturated carbocycles. The van der Waals surface area contributed by atoms with Crippen LogP contribution < -0.4 is 0 Å². The van der Waals surface area contributed by atoms with Crippen molar-refractivity contribution in [3.8, 4) is 11.3 Å². The fourth-order valence-corrected chi connectivity index (χ4v) is 1.86. The molecule has 0 aliphatic rings. The number of carbonyl (C=O) groups is 1. The molecule has 0 aliphatic carbocycles. The Labute approximate surface area is 100 Å². The molecule has 3 rings (SSSR count). The number of aromatic nitrogens is 3. The maximum Gasteiger partial charge on any atom is 0.353 e. The lowest BCUT2D eigenvalue weighted by Crippen LogP contribution is -1.95. The van der Waals surface area contributed by atoms with Crippen molar-refractivity contribution in [3.63, 3.8) is 0 Å². The number of halogens is 1. The summed E-state index contributed by atoms with van der Waals surface area (Å²) in [6.07, 6.45) is 1.64. The van der Waals surface area contributed by atoms with E-state index in [1.54, 1.807) is 24.4 Å². The Balaban J connectivity index is 2.18. The van der Waals surface area contributed by atoms with E-state index in [1.165, 1.54) is 6.07 Å². The summed E-state index contributed by atoms with van der Waals surface area (Å²) in [5.74, 6) is -1.57. The molecule has 2 heterocycles. The van der Waals surface area contributed by atoms with Crippen molar-refractivity contribution in [2.45, 2.75) is 0 Å². The molecule has 0 bridgehead atoms. The van der Waals surface area contributed by atoms with Gasteiger partial charge in [0, 0.05) is 17.1 Å². The highest BCUT2D eigenvalue weighted by molar-refractivity contribution is 5.88. The zero-order valence-corrected chi connectivity index (χ0v) is 9.07. The number of carboxylic acids is 1. The molecule has 5 nitrogen and oxygen atoms in total. The lowest BCUT2D eigenvalue weighted by atomic mass is 10.1. The molecule has 0 aliphatic heterocycles. The van der Waals surface area contributed by atoms with Gasteiger partial charge in [-0.2, -0.15) is 5.10 Å². The highest BCUT2D eigenvalue weighted by Gasteiger charge is 2.14. The summed E-state index contributed by atoms with van der Waals surface area (Å²) in [5, 5.41) is 15.7. The van der Waals surface area contributed by atoms with Crippen LogP contribution in [0.1, 0.15) is 10.5 Å². The molecule has 0 spiro atoms. The average molecular weight is 245 g/mol. The van der Waals surface area contributed by atoms with Gasteiger partial charge in [-0.05, 0) is 18.2 Å². The van der Waals surface area contributed by atoms with Crippen molar-refractivity contribution in [2.24, 2.45) is 0 Å². The third kappa shape index (κ3) is 1.46. The SMILES string of the molecule is O=C(O)c1cc(-c2ccc3cc[nH]c3c2F)n[nH]1. The van der Waals surface area contributed by atoms with Gasteiger partial charge < -0.3 is 10.1 Å². The fraction of sp³-hybridized carbons (Fsp3) is 0. The van der Waals surface area contributed by atoms with E-state index in [4.69, 9.17) is 5.11 Å². The van der Waals surface area contributed by atoms with Gasteiger partial charge in [0.1, 0.15) is 5.69 Å². The average Bonchev–Trinajstić information content (AvgIpc) is 2.97. The first-order valence-electron chi connectivity index (χ1n) is 5.21. The van der Waals surface area contributed by atoms with E-state index in [2.05, 4.69) is 15.2 Å². The van der Waals surface area contributed by atoms with Gasteiger partial charge in [0.05, 0.1) is 11.2 Å². The first kappa shape index (κ1) is 10.5. The Morgan fingerprint density at radius 3 is 2.89 bits per heavy atom. The normalized spacial score (nSPS) is 10.9. The molecule has 1 aromatic carbocycles. The number of hydrogen-bond acceptors (Lipinski definition) is 2. The first-order valence-corrected chi connectivity index (χ1v) is 5.21. The summed E-state index contributed by atoms with van der Waals surface area (Å²) in [6.45, 7) is 0. The van der Waals surface area contributed by atoms with E-state index < -0.39 is 11.8 Å². The van der Waals surface area contributed by atoms with Gasteiger partial charge in [0.2, 0.25) is 0 Å². The second-order valence-corrected chi connectivity index (χ2v) is 3.84. The predicted molar refractivity (Wildman–Crippen MR) is 62.8 cm³/mol. The Morgan fingerprint density at radius 1 is 1.33 bits per heavy atom. The summed E-state index contributed by atoms with van der Waals surface area (Å²) in [7, 11) is 0. The van der Waals surface area contributed by atoms with Crippen LogP contribution in [-0.4, -0.2) is 26.3 Å². The summed E-state index contributed by atoms with van der Waals surface area (Å²) in [5.41, 5.74) is 0.832. The molecule has 90 valence electrons. The van der Waals surface area contributed by atoms with Crippen LogP contribution in [0.5, 0.6) is 0 Å². The first-order chi connectivity index (χ1) is 8.66. The number of benzene rings is 1. The minimum absolute atomic E-state index is 0.0732. The van der Waals surface area contributed by atoms with E-state index in [-0.39, 0.29) is 17.0 Å². The number of fused-ring (bicyclic) bond motifs is 1. The maximum atomic E-state index is 14.2. The van der Waals surface area contributed by atoms with E-state index in [9.17, 15) is 9.18 Å². The Morgan fingerprint density at radius 2 is 2.17 bits per heavy atom. The van der Waals surface area contributed by atoms with Gasteiger partial charge >= 0.3 is 5.97 Å². The number of carboxylic acid groups (broad SMARTS) is 1. The number of rotatable bonds is 2. The third-order valence-corrected chi connectivity index (χ3v) is 2.75. The molecule has 0 unspecified atom stereocenters. The number of aromatic amines is 2. The molecule has 18 heavy (non-hydrogen) atoms. The van der Waals surface area contributed by atoms with Crippen molar-refractivity contribution in [1.82, 2.24) is 15.2 Å². The molecular weight excluding hydrogens is 237 g/mol. The predicted octanol–water partition coefficient (Wildman–Crippen LogP) is 2.40. The van der Waals surface area contributed by atoms with Gasteiger partial charge in [-0.3, -0.25) is 5.10 Å². The van der Waals surface area contributed by atoms with Crippen molar-refractivity contribution >= 4 is 16.9 Å². The Bertz CT molecular complexity index is 745. The van der Waals surface area contributed by atoms with Crippen LogP contribution in [0.25, 0.3) is 22.2 Å². The molecule has 2 aromatic heterocycles. The van der Waals surface area contributed by atoms with Crippen LogP contribution >= 0.6 is 0 Å². The van der Waals surface area contributed by atoms with Crippen LogP contribution in [0.15, 0.2) is 30.5 Å². The molecule has 0 saturated heterocycles. The molecule has 0 radical (unpaired) electrons. The molecule has 0 amide bonds. The lowest BCUT2D eigenvalue weighted by molar-refractivity contribution is 0.0690. The molecular formula is C12H8FN3O2. The number of H-pyrrole nitrogens is 2. The second-order valence-electron chi connectivity index (χ2n) is 3.84. The Hall–Kier alpha value is -2.63. The topological polar surface area (TPSA) is 81.8 Å². The molecule has 6 heteroatoms. The summed E-state index contributed by atoms with van der Waals surface area (Å²) in [4.78, 5) is 13.5. The molecule has 3 aromatic rings. The second kappa shape index (κ2) is 3.69. The van der Waals surface area contributed by atoms with Gasteiger partial charge in [-0.25, -0.2) is 9.18 Å². The largest absolute Gasteiger partial charge is 0.477 e. The van der Waals surface area contributed by atoms with Crippen molar-refractivity contribution in [1.29, 1.82) is 0 Å². The monoisotopic (exact) mass is 245 g/mol. The van der Waals surface area contributed by atoms with Gasteiger partial charge in [0.15, 0.2) is 5.82 Å². The van der Waals surface area contributed by atoms with E-state index in [0.717, 1.165) is 5.39 Å². The van der Waals surface area contributed by atoms with Crippen molar-refractivity contribution in [2.75, 3.05) is 0 Å². The van der Waals surface area contributed by atoms with Gasteiger partial charge in [-0.1, -0.05) is 6.07 Å². The summed E-state index contributed by atoms with van der Waals surface area (Å²) in [6, 6.07) is 6.39. The molecule has 0 atom stereocenters. The number of nitrogens with one attached hydrogen (secondary N) is 2. The zero-order chi connectivity index (χ0) is 12.7. The molecule has 0 fully saturated rings. The van der Waals surface area contributed by atoms with E-state index >= 15 is 0 Å². The standard InChI is InChI=1S/C12H8FN3O2/c13-10-7(2-1-6-3-4-14-11(6)10)8-5-9(12(17)18)16-15-8/h1-5,14H,(H,15,16)(H,17,18). The van der Waals surface area contributed by atoms with Crippen molar-refractivity contribution < 1.29 is 14.3 Å². The number of aromatic carboxylic acids is 1. The smallest absolute Gasteiger partial charge is 0.353 e. The van der Waals surface area contributed by atoms with E-state index in [0.29, 0.717) is 5.52 Å². The fourth-order valence-electron chi connectivity index (χ4n) is 1.86. The lowest BCUT2D eigenvalue weighted by Gasteiger charge is -2.00. The Kier molecular flexibility index (Phi) is 2.16. The molecule has 3 N–H and O–H groups in total. The van der Waals surface area contributed by atoms with E-state index in [1.807, 2.05) is 0 Å². The van der Waals surface area contributed by atoms with Crippen LogP contribution in [0.3, 0.4) is 0 Å². The minimum atomic E-state index is -1.13. The summed E-state index contributed by atoms with van der Waals surface area (Å²) >= 11 is 0. The maximum absolute atomic E-state index is 14.2. The van der Waals surface area contributed by atoms with Gasteiger partial charge in [0.25, 0.3) is 0 Å². The zero-order valence-electron chi connectivity index (χ0n) is 9.07. The number of hydrogen-bond donors (Lipinski definition) is 3. The minimum Gasteiger partial charge on any atom is -0.477 e. The van der Waals surface area contributed by atoms with Crippen LogP contribution in [0.4, 0.5) is 4.39 Å². The quantitative estimate of drug-likeness (QED) is 0.648. The van der Waals surface area contributed by atoms with Crippen LogP contribution in [0, 0.1) is 5.82 Å². The summed E-state index contributed by atoms with van der Waals surface area (Å²) < 4.78 is 14.2. The van der Waals surface area contributed by atoms with Crippen LogP contribution in [0.2, 0.25) is 0 Å². The highest BCUT2D eigenvalue weighted by atomic mass is 19.1. The van der Waals surface area contributed by atoms with Crippen molar-refractivity contribution in [3.05, 3.63) is 42.0 Å². The highest BCUT2D eigenvalue weighted by Crippen LogP contribution is 2.27. The van der Waals surface area contributed by atoms with Crippen LogP contribution in [-0.2, 0) is 0 Å². The number of nitrogens with zero attached hydrogens (tertiary/aromatic N) is 1. The van der Waals surface area contributed by atoms with Gasteiger partial charge in [-0.15, -0.1) is 0 Å².